The van der Waals surface area contributed by atoms with Gasteiger partial charge in [-0.15, -0.1) is 0 Å². The van der Waals surface area contributed by atoms with Crippen LogP contribution in [0.1, 0.15) is 6.92 Å². The molecule has 1 saturated heterocycles. The molecule has 0 aliphatic carbocycles. The van der Waals surface area contributed by atoms with Crippen molar-refractivity contribution >= 4 is 0 Å². The normalized spacial score (nSPS) is 28.8. The lowest BCUT2D eigenvalue weighted by molar-refractivity contribution is 0.192. The van der Waals surface area contributed by atoms with Gasteiger partial charge < -0.3 is 5.32 Å². The zero-order valence-corrected chi connectivity index (χ0v) is 6.44. The second kappa shape index (κ2) is 3.88. The number of hydrogen-bond acceptors (Lipinski definition) is 2. The number of halogens is 1. The first-order valence-corrected chi connectivity index (χ1v) is 3.84. The average molecular weight is 146 g/mol. The smallest absolute Gasteiger partial charge is 0.102 e. The lowest BCUT2D eigenvalue weighted by Crippen LogP contribution is -2.49. The van der Waals surface area contributed by atoms with Crippen LogP contribution in [0.15, 0.2) is 0 Å². The summed E-state index contributed by atoms with van der Waals surface area (Å²) in [7, 11) is 0. The van der Waals surface area contributed by atoms with Crippen molar-refractivity contribution < 1.29 is 4.39 Å². The number of nitrogens with one attached hydrogen (secondary N) is 1. The summed E-state index contributed by atoms with van der Waals surface area (Å²) in [6.45, 7) is 5.50. The predicted octanol–water partition coefficient (Wildman–Crippen LogP) is 0.250. The summed E-state index contributed by atoms with van der Waals surface area (Å²) in [5.74, 6) is 0. The highest BCUT2D eigenvalue weighted by Crippen LogP contribution is 1.96. The van der Waals surface area contributed by atoms with E-state index in [1.165, 1.54) is 0 Å². The SMILES string of the molecule is CC1CN(CCF)CCN1. The zero-order valence-electron chi connectivity index (χ0n) is 6.44. The highest BCUT2D eigenvalue weighted by molar-refractivity contribution is 4.74. The molecule has 0 amide bonds. The third-order valence-corrected chi connectivity index (χ3v) is 1.85. The van der Waals surface area contributed by atoms with E-state index in [2.05, 4.69) is 17.1 Å². The van der Waals surface area contributed by atoms with E-state index >= 15 is 0 Å². The van der Waals surface area contributed by atoms with Crippen LogP contribution in [0, 0.1) is 0 Å². The minimum Gasteiger partial charge on any atom is -0.312 e. The van der Waals surface area contributed by atoms with Crippen molar-refractivity contribution in [1.82, 2.24) is 10.2 Å². The lowest BCUT2D eigenvalue weighted by Gasteiger charge is -2.30. The van der Waals surface area contributed by atoms with Crippen molar-refractivity contribution in [2.75, 3.05) is 32.9 Å². The Morgan fingerprint density at radius 1 is 1.70 bits per heavy atom. The van der Waals surface area contributed by atoms with Gasteiger partial charge in [-0.2, -0.15) is 0 Å². The molecule has 0 saturated carbocycles. The van der Waals surface area contributed by atoms with Gasteiger partial charge in [-0.25, -0.2) is 4.39 Å². The molecule has 1 unspecified atom stereocenters. The van der Waals surface area contributed by atoms with Gasteiger partial charge in [0.05, 0.1) is 0 Å². The first kappa shape index (κ1) is 7.95. The Kier molecular flexibility index (Phi) is 3.09. The molecule has 0 aromatic carbocycles. The summed E-state index contributed by atoms with van der Waals surface area (Å²) in [5, 5.41) is 3.31. The summed E-state index contributed by atoms with van der Waals surface area (Å²) in [6, 6.07) is 0.528. The highest BCUT2D eigenvalue weighted by Gasteiger charge is 2.13. The Morgan fingerprint density at radius 3 is 3.10 bits per heavy atom. The van der Waals surface area contributed by atoms with Crippen LogP contribution in [0.4, 0.5) is 4.39 Å². The van der Waals surface area contributed by atoms with Gasteiger partial charge >= 0.3 is 0 Å². The third kappa shape index (κ3) is 2.23. The summed E-state index contributed by atoms with van der Waals surface area (Å²) in [6.07, 6.45) is 0. The molecule has 1 N–H and O–H groups in total. The molecule has 0 aromatic heterocycles. The Balaban J connectivity index is 2.18. The fourth-order valence-electron chi connectivity index (χ4n) is 1.33. The van der Waals surface area contributed by atoms with Crippen LogP contribution in [0.25, 0.3) is 0 Å². The molecule has 2 nitrogen and oxygen atoms in total. The molecule has 60 valence electrons. The van der Waals surface area contributed by atoms with Crippen molar-refractivity contribution in [3.8, 4) is 0 Å². The number of rotatable bonds is 2. The van der Waals surface area contributed by atoms with E-state index in [-0.39, 0.29) is 6.67 Å². The van der Waals surface area contributed by atoms with Crippen molar-refractivity contribution in [2.45, 2.75) is 13.0 Å². The second-order valence-electron chi connectivity index (χ2n) is 2.84. The maximum absolute atomic E-state index is 11.8. The molecule has 0 aromatic rings. The molecule has 0 bridgehead atoms. The Labute approximate surface area is 61.4 Å². The standard InChI is InChI=1S/C7H15FN2/c1-7-6-10(4-2-8)5-3-9-7/h7,9H,2-6H2,1H3. The second-order valence-corrected chi connectivity index (χ2v) is 2.84. The topological polar surface area (TPSA) is 15.3 Å². The molecule has 10 heavy (non-hydrogen) atoms. The third-order valence-electron chi connectivity index (χ3n) is 1.85. The van der Waals surface area contributed by atoms with Gasteiger partial charge in [-0.1, -0.05) is 0 Å². The van der Waals surface area contributed by atoms with Crippen LogP contribution in [-0.4, -0.2) is 43.8 Å². The largest absolute Gasteiger partial charge is 0.312 e. The lowest BCUT2D eigenvalue weighted by atomic mass is 10.2. The molecular weight excluding hydrogens is 131 g/mol. The molecule has 1 aliphatic rings. The maximum Gasteiger partial charge on any atom is 0.102 e. The van der Waals surface area contributed by atoms with Crippen LogP contribution < -0.4 is 5.32 Å². The monoisotopic (exact) mass is 146 g/mol. The number of hydrogen-bond donors (Lipinski definition) is 1. The Morgan fingerprint density at radius 2 is 2.50 bits per heavy atom. The van der Waals surface area contributed by atoms with Gasteiger partial charge in [-0.05, 0) is 6.92 Å². The van der Waals surface area contributed by atoms with Gasteiger partial charge in [0.15, 0.2) is 0 Å². The summed E-state index contributed by atoms with van der Waals surface area (Å²) >= 11 is 0. The average Bonchev–Trinajstić information content (AvgIpc) is 1.88. The van der Waals surface area contributed by atoms with E-state index in [0.29, 0.717) is 12.6 Å². The molecule has 1 fully saturated rings. The Hall–Kier alpha value is -0.150. The van der Waals surface area contributed by atoms with Crippen molar-refractivity contribution in [3.05, 3.63) is 0 Å². The van der Waals surface area contributed by atoms with E-state index in [4.69, 9.17) is 0 Å². The van der Waals surface area contributed by atoms with Gasteiger partial charge in [0.1, 0.15) is 6.67 Å². The molecule has 1 atom stereocenters. The van der Waals surface area contributed by atoms with Gasteiger partial charge in [0.25, 0.3) is 0 Å². The van der Waals surface area contributed by atoms with E-state index in [9.17, 15) is 4.39 Å². The minimum absolute atomic E-state index is 0.216. The quantitative estimate of drug-likeness (QED) is 0.600. The van der Waals surface area contributed by atoms with Gasteiger partial charge in [-0.3, -0.25) is 4.90 Å². The molecule has 1 heterocycles. The Bertz CT molecular complexity index is 95.6. The number of alkyl halides is 1. The molecule has 0 spiro atoms. The van der Waals surface area contributed by atoms with Crippen molar-refractivity contribution in [3.63, 3.8) is 0 Å². The molecule has 0 radical (unpaired) electrons. The van der Waals surface area contributed by atoms with E-state index < -0.39 is 0 Å². The van der Waals surface area contributed by atoms with Crippen LogP contribution in [0.2, 0.25) is 0 Å². The molecule has 3 heteroatoms. The molecular formula is C7H15FN2. The van der Waals surface area contributed by atoms with Gasteiger partial charge in [0, 0.05) is 32.2 Å². The van der Waals surface area contributed by atoms with Crippen molar-refractivity contribution in [1.29, 1.82) is 0 Å². The van der Waals surface area contributed by atoms with Crippen molar-refractivity contribution in [2.24, 2.45) is 0 Å². The fourth-order valence-corrected chi connectivity index (χ4v) is 1.33. The van der Waals surface area contributed by atoms with Crippen LogP contribution in [0.3, 0.4) is 0 Å². The summed E-state index contributed by atoms with van der Waals surface area (Å²) in [4.78, 5) is 2.15. The minimum atomic E-state index is -0.216. The number of nitrogens with zero attached hydrogens (tertiary/aromatic N) is 1. The van der Waals surface area contributed by atoms with E-state index in [1.807, 2.05) is 0 Å². The zero-order chi connectivity index (χ0) is 7.40. The summed E-state index contributed by atoms with van der Waals surface area (Å²) < 4.78 is 11.8. The highest BCUT2D eigenvalue weighted by atomic mass is 19.1. The fraction of sp³-hybridized carbons (Fsp3) is 1.00. The molecule has 1 rings (SSSR count). The predicted molar refractivity (Wildman–Crippen MR) is 39.9 cm³/mol. The maximum atomic E-state index is 11.8. The van der Waals surface area contributed by atoms with E-state index in [0.717, 1.165) is 19.6 Å². The van der Waals surface area contributed by atoms with Gasteiger partial charge in [0.2, 0.25) is 0 Å². The first-order valence-electron chi connectivity index (χ1n) is 3.84. The van der Waals surface area contributed by atoms with E-state index in [1.54, 1.807) is 0 Å². The molecule has 1 aliphatic heterocycles. The summed E-state index contributed by atoms with van der Waals surface area (Å²) in [5.41, 5.74) is 0. The van der Waals surface area contributed by atoms with Crippen LogP contribution in [-0.2, 0) is 0 Å². The number of piperazine rings is 1. The van der Waals surface area contributed by atoms with Crippen LogP contribution in [0.5, 0.6) is 0 Å². The first-order chi connectivity index (χ1) is 4.83. The van der Waals surface area contributed by atoms with Crippen LogP contribution >= 0.6 is 0 Å².